The fourth-order valence-corrected chi connectivity index (χ4v) is 1.73. The lowest BCUT2D eigenvalue weighted by Gasteiger charge is -2.00. The molecule has 0 aliphatic carbocycles. The molecule has 1 N–H and O–H groups in total. The zero-order chi connectivity index (χ0) is 10.3. The van der Waals surface area contributed by atoms with Crippen molar-refractivity contribution in [2.75, 3.05) is 0 Å². The summed E-state index contributed by atoms with van der Waals surface area (Å²) in [4.78, 5) is 10.8. The third kappa shape index (κ3) is 1.26. The highest BCUT2D eigenvalue weighted by Crippen LogP contribution is 2.25. The van der Waals surface area contributed by atoms with Crippen LogP contribution in [0, 0.1) is 0 Å². The lowest BCUT2D eigenvalue weighted by Crippen LogP contribution is -1.96. The Morgan fingerprint density at radius 3 is 2.86 bits per heavy atom. The van der Waals surface area contributed by atoms with Gasteiger partial charge in [0.1, 0.15) is 0 Å². The molecule has 14 heavy (non-hydrogen) atoms. The number of carboxylic acids is 1. The number of hydrogen-bond acceptors (Lipinski definition) is 1. The minimum atomic E-state index is -0.963. The molecule has 2 rings (SSSR count). The van der Waals surface area contributed by atoms with Crippen molar-refractivity contribution < 1.29 is 9.90 Å². The van der Waals surface area contributed by atoms with Crippen LogP contribution >= 0.6 is 11.6 Å². The van der Waals surface area contributed by atoms with Crippen LogP contribution < -0.4 is 0 Å². The van der Waals surface area contributed by atoms with Gasteiger partial charge >= 0.3 is 5.97 Å². The van der Waals surface area contributed by atoms with Crippen molar-refractivity contribution in [2.45, 2.75) is 0 Å². The Kier molecular flexibility index (Phi) is 1.97. The molecule has 0 radical (unpaired) electrons. The smallest absolute Gasteiger partial charge is 0.335 e. The van der Waals surface area contributed by atoms with Gasteiger partial charge in [-0.15, -0.1) is 0 Å². The summed E-state index contributed by atoms with van der Waals surface area (Å²) < 4.78 is 1.84. The van der Waals surface area contributed by atoms with E-state index in [0.717, 1.165) is 10.9 Å². The van der Waals surface area contributed by atoms with Crippen molar-refractivity contribution in [3.63, 3.8) is 0 Å². The molecule has 0 unspecified atom stereocenters. The van der Waals surface area contributed by atoms with Gasteiger partial charge in [-0.3, -0.25) is 0 Å². The van der Waals surface area contributed by atoms with Gasteiger partial charge in [0.2, 0.25) is 0 Å². The van der Waals surface area contributed by atoms with E-state index in [1.165, 1.54) is 6.07 Å². The zero-order valence-electron chi connectivity index (χ0n) is 7.49. The van der Waals surface area contributed by atoms with Crippen LogP contribution in [0.2, 0.25) is 5.02 Å². The summed E-state index contributed by atoms with van der Waals surface area (Å²) in [5, 5.41) is 10.2. The Bertz CT molecular complexity index is 516. The second-order valence-electron chi connectivity index (χ2n) is 3.12. The maximum atomic E-state index is 10.8. The first-order valence-corrected chi connectivity index (χ1v) is 4.45. The monoisotopic (exact) mass is 209 g/mol. The van der Waals surface area contributed by atoms with E-state index in [1.807, 2.05) is 23.9 Å². The molecular formula is C10H8ClNO2. The van der Waals surface area contributed by atoms with Gasteiger partial charge in [0.15, 0.2) is 0 Å². The van der Waals surface area contributed by atoms with Crippen molar-refractivity contribution in [3.05, 3.63) is 35.0 Å². The SMILES string of the molecule is Cn1ccc2c(Cl)cc(C(=O)O)cc21. The summed E-state index contributed by atoms with van der Waals surface area (Å²) in [5.74, 6) is -0.963. The highest BCUT2D eigenvalue weighted by atomic mass is 35.5. The van der Waals surface area contributed by atoms with Gasteiger partial charge in [0.25, 0.3) is 0 Å². The van der Waals surface area contributed by atoms with Gasteiger partial charge in [-0.1, -0.05) is 11.6 Å². The van der Waals surface area contributed by atoms with Crippen molar-refractivity contribution in [2.24, 2.45) is 7.05 Å². The van der Waals surface area contributed by atoms with E-state index in [4.69, 9.17) is 16.7 Å². The fourth-order valence-electron chi connectivity index (χ4n) is 1.45. The zero-order valence-corrected chi connectivity index (χ0v) is 8.25. The van der Waals surface area contributed by atoms with Crippen molar-refractivity contribution >= 4 is 28.5 Å². The van der Waals surface area contributed by atoms with E-state index >= 15 is 0 Å². The Hall–Kier alpha value is -1.48. The first kappa shape index (κ1) is 9.09. The van der Waals surface area contributed by atoms with Gasteiger partial charge in [-0.25, -0.2) is 4.79 Å². The summed E-state index contributed by atoms with van der Waals surface area (Å²) in [6, 6.07) is 4.94. The van der Waals surface area contributed by atoms with Crippen LogP contribution in [0.3, 0.4) is 0 Å². The number of fused-ring (bicyclic) bond motifs is 1. The molecule has 0 bridgehead atoms. The summed E-state index contributed by atoms with van der Waals surface area (Å²) in [6.07, 6.45) is 1.85. The van der Waals surface area contributed by atoms with E-state index in [-0.39, 0.29) is 5.56 Å². The van der Waals surface area contributed by atoms with Crippen LogP contribution in [0.25, 0.3) is 10.9 Å². The van der Waals surface area contributed by atoms with Gasteiger partial charge in [-0.05, 0) is 18.2 Å². The summed E-state index contributed by atoms with van der Waals surface area (Å²) >= 11 is 5.94. The number of halogens is 1. The number of carbonyl (C=O) groups is 1. The number of carboxylic acid groups (broad SMARTS) is 1. The third-order valence-corrected chi connectivity index (χ3v) is 2.51. The molecule has 0 aliphatic rings. The maximum Gasteiger partial charge on any atom is 0.335 e. The molecule has 1 heterocycles. The molecular weight excluding hydrogens is 202 g/mol. The molecule has 0 saturated heterocycles. The van der Waals surface area contributed by atoms with Crippen LogP contribution in [0.4, 0.5) is 0 Å². The number of aryl methyl sites for hydroxylation is 1. The highest BCUT2D eigenvalue weighted by Gasteiger charge is 2.09. The molecule has 0 spiro atoms. The summed E-state index contributed by atoms with van der Waals surface area (Å²) in [7, 11) is 1.85. The lowest BCUT2D eigenvalue weighted by molar-refractivity contribution is 0.0697. The maximum absolute atomic E-state index is 10.8. The molecule has 0 aliphatic heterocycles. The topological polar surface area (TPSA) is 42.2 Å². The third-order valence-electron chi connectivity index (χ3n) is 2.20. The molecule has 0 fully saturated rings. The van der Waals surface area contributed by atoms with Crippen LogP contribution in [0.1, 0.15) is 10.4 Å². The molecule has 1 aromatic carbocycles. The minimum Gasteiger partial charge on any atom is -0.478 e. The fraction of sp³-hybridized carbons (Fsp3) is 0.100. The minimum absolute atomic E-state index is 0.212. The van der Waals surface area contributed by atoms with Crippen LogP contribution in [-0.2, 0) is 7.05 Å². The Morgan fingerprint density at radius 2 is 2.21 bits per heavy atom. The average molecular weight is 210 g/mol. The van der Waals surface area contributed by atoms with Gasteiger partial charge in [0, 0.05) is 18.6 Å². The summed E-state index contributed by atoms with van der Waals surface area (Å²) in [6.45, 7) is 0. The second-order valence-corrected chi connectivity index (χ2v) is 3.53. The highest BCUT2D eigenvalue weighted by molar-refractivity contribution is 6.35. The first-order valence-electron chi connectivity index (χ1n) is 4.07. The average Bonchev–Trinajstić information content (AvgIpc) is 2.48. The molecule has 1 aromatic heterocycles. The van der Waals surface area contributed by atoms with E-state index in [0.29, 0.717) is 5.02 Å². The van der Waals surface area contributed by atoms with Crippen LogP contribution in [0.15, 0.2) is 24.4 Å². The quantitative estimate of drug-likeness (QED) is 0.784. The van der Waals surface area contributed by atoms with E-state index in [2.05, 4.69) is 0 Å². The largest absolute Gasteiger partial charge is 0.478 e. The van der Waals surface area contributed by atoms with E-state index < -0.39 is 5.97 Å². The normalized spacial score (nSPS) is 10.7. The van der Waals surface area contributed by atoms with Crippen LogP contribution in [0.5, 0.6) is 0 Å². The molecule has 72 valence electrons. The molecule has 2 aromatic rings. The standard InChI is InChI=1S/C10H8ClNO2/c1-12-3-2-7-8(11)4-6(10(13)14)5-9(7)12/h2-5H,1H3,(H,13,14). The Labute approximate surface area is 85.5 Å². The lowest BCUT2D eigenvalue weighted by atomic mass is 10.1. The number of nitrogens with zero attached hydrogens (tertiary/aromatic N) is 1. The van der Waals surface area contributed by atoms with Crippen molar-refractivity contribution in [1.82, 2.24) is 4.57 Å². The number of hydrogen-bond donors (Lipinski definition) is 1. The van der Waals surface area contributed by atoms with Gasteiger partial charge in [0.05, 0.1) is 16.1 Å². The van der Waals surface area contributed by atoms with Gasteiger partial charge < -0.3 is 9.67 Å². The summed E-state index contributed by atoms with van der Waals surface area (Å²) in [5.41, 5.74) is 1.04. The molecule has 0 atom stereocenters. The number of benzene rings is 1. The van der Waals surface area contributed by atoms with Gasteiger partial charge in [-0.2, -0.15) is 0 Å². The van der Waals surface area contributed by atoms with Crippen molar-refractivity contribution in [1.29, 1.82) is 0 Å². The predicted octanol–water partition coefficient (Wildman–Crippen LogP) is 2.53. The molecule has 0 amide bonds. The number of rotatable bonds is 1. The Morgan fingerprint density at radius 1 is 1.50 bits per heavy atom. The molecule has 4 heteroatoms. The van der Waals surface area contributed by atoms with Crippen LogP contribution in [-0.4, -0.2) is 15.6 Å². The predicted molar refractivity (Wildman–Crippen MR) is 54.9 cm³/mol. The van der Waals surface area contributed by atoms with Crippen molar-refractivity contribution in [3.8, 4) is 0 Å². The van der Waals surface area contributed by atoms with E-state index in [9.17, 15) is 4.79 Å². The first-order chi connectivity index (χ1) is 6.59. The number of aromatic carboxylic acids is 1. The Balaban J connectivity index is 2.82. The second kappa shape index (κ2) is 3.03. The molecule has 0 saturated carbocycles. The number of aromatic nitrogens is 1. The van der Waals surface area contributed by atoms with E-state index in [1.54, 1.807) is 6.07 Å². The molecule has 3 nitrogen and oxygen atoms in total.